The number of halogens is 4. The molecule has 1 aliphatic heterocycles. The highest BCUT2D eigenvalue weighted by atomic mass is 35.5. The molecule has 1 saturated heterocycles. The summed E-state index contributed by atoms with van der Waals surface area (Å²) >= 11 is 11.9. The first-order chi connectivity index (χ1) is 9.56. The average molecular weight is 389 g/mol. The minimum Gasteiger partial charge on any atom is -0.348 e. The van der Waals surface area contributed by atoms with Crippen molar-refractivity contribution in [2.24, 2.45) is 0 Å². The molecule has 1 unspecified atom stereocenters. The molecular weight excluding hydrogens is 368 g/mol. The molecule has 8 heteroatoms. The van der Waals surface area contributed by atoms with Crippen LogP contribution in [-0.4, -0.2) is 43.5 Å². The van der Waals surface area contributed by atoms with E-state index in [1.165, 1.54) is 0 Å². The topological polar surface area (TPSA) is 44.4 Å². The van der Waals surface area contributed by atoms with Gasteiger partial charge in [0.25, 0.3) is 0 Å². The SMILES string of the molecule is CC(NC(=O)CN1CCNCC1)c1ccc(Cl)c(Cl)c1.Cl.Cl. The van der Waals surface area contributed by atoms with Crippen molar-refractivity contribution in [3.05, 3.63) is 33.8 Å². The van der Waals surface area contributed by atoms with E-state index < -0.39 is 0 Å². The van der Waals surface area contributed by atoms with E-state index in [4.69, 9.17) is 23.2 Å². The van der Waals surface area contributed by atoms with E-state index in [1.807, 2.05) is 13.0 Å². The number of amides is 1. The van der Waals surface area contributed by atoms with Crippen molar-refractivity contribution < 1.29 is 4.79 Å². The fourth-order valence-electron chi connectivity index (χ4n) is 2.22. The first-order valence-electron chi connectivity index (χ1n) is 6.73. The van der Waals surface area contributed by atoms with Crippen LogP contribution < -0.4 is 10.6 Å². The zero-order chi connectivity index (χ0) is 14.5. The van der Waals surface area contributed by atoms with Gasteiger partial charge in [-0.05, 0) is 24.6 Å². The van der Waals surface area contributed by atoms with Crippen molar-refractivity contribution in [3.63, 3.8) is 0 Å². The van der Waals surface area contributed by atoms with Crippen LogP contribution in [0.4, 0.5) is 0 Å². The lowest BCUT2D eigenvalue weighted by molar-refractivity contribution is -0.123. The number of carbonyl (C=O) groups is 1. The molecule has 1 amide bonds. The van der Waals surface area contributed by atoms with Crippen LogP contribution in [0.25, 0.3) is 0 Å². The van der Waals surface area contributed by atoms with E-state index in [0.717, 1.165) is 31.7 Å². The summed E-state index contributed by atoms with van der Waals surface area (Å²) in [5, 5.41) is 7.28. The number of benzene rings is 1. The average Bonchev–Trinajstić information content (AvgIpc) is 2.42. The largest absolute Gasteiger partial charge is 0.348 e. The molecule has 0 saturated carbocycles. The quantitative estimate of drug-likeness (QED) is 0.833. The van der Waals surface area contributed by atoms with E-state index in [0.29, 0.717) is 16.6 Å². The second kappa shape index (κ2) is 10.5. The first-order valence-corrected chi connectivity index (χ1v) is 7.49. The Kier molecular flexibility index (Phi) is 10.4. The molecule has 0 bridgehead atoms. The fraction of sp³-hybridized carbons (Fsp3) is 0.500. The van der Waals surface area contributed by atoms with E-state index in [1.54, 1.807) is 12.1 Å². The summed E-state index contributed by atoms with van der Waals surface area (Å²) in [7, 11) is 0. The molecule has 1 aliphatic rings. The van der Waals surface area contributed by atoms with Gasteiger partial charge < -0.3 is 10.6 Å². The Balaban J connectivity index is 0.00000220. The summed E-state index contributed by atoms with van der Waals surface area (Å²) in [5.41, 5.74) is 0.952. The van der Waals surface area contributed by atoms with Gasteiger partial charge in [0.15, 0.2) is 0 Å². The molecule has 1 aromatic rings. The van der Waals surface area contributed by atoms with Crippen molar-refractivity contribution in [2.45, 2.75) is 13.0 Å². The van der Waals surface area contributed by atoms with Gasteiger partial charge in [-0.15, -0.1) is 24.8 Å². The molecule has 22 heavy (non-hydrogen) atoms. The van der Waals surface area contributed by atoms with Crippen LogP contribution >= 0.6 is 48.0 Å². The van der Waals surface area contributed by atoms with Crippen LogP contribution in [0.1, 0.15) is 18.5 Å². The normalized spacial score (nSPS) is 16.1. The number of hydrogen-bond donors (Lipinski definition) is 2. The molecule has 0 spiro atoms. The molecule has 2 rings (SSSR count). The Labute approximate surface area is 153 Å². The van der Waals surface area contributed by atoms with Gasteiger partial charge in [0, 0.05) is 26.2 Å². The zero-order valence-corrected chi connectivity index (χ0v) is 15.4. The minimum atomic E-state index is -0.0832. The van der Waals surface area contributed by atoms with Gasteiger partial charge in [-0.1, -0.05) is 29.3 Å². The monoisotopic (exact) mass is 387 g/mol. The molecular formula is C14H21Cl4N3O. The summed E-state index contributed by atoms with van der Waals surface area (Å²) in [5.74, 6) is 0.0328. The molecule has 1 atom stereocenters. The molecule has 1 aromatic carbocycles. The van der Waals surface area contributed by atoms with Crippen LogP contribution in [0.3, 0.4) is 0 Å². The van der Waals surface area contributed by atoms with Crippen LogP contribution in [0.2, 0.25) is 10.0 Å². The Morgan fingerprint density at radius 2 is 1.91 bits per heavy atom. The number of nitrogens with one attached hydrogen (secondary N) is 2. The highest BCUT2D eigenvalue weighted by Gasteiger charge is 2.16. The zero-order valence-electron chi connectivity index (χ0n) is 12.3. The highest BCUT2D eigenvalue weighted by molar-refractivity contribution is 6.42. The van der Waals surface area contributed by atoms with Gasteiger partial charge in [0.1, 0.15) is 0 Å². The molecule has 0 radical (unpaired) electrons. The van der Waals surface area contributed by atoms with E-state index in [2.05, 4.69) is 15.5 Å². The van der Waals surface area contributed by atoms with E-state index in [9.17, 15) is 4.79 Å². The first kappa shape index (κ1) is 21.8. The maximum absolute atomic E-state index is 12.0. The molecule has 0 aliphatic carbocycles. The van der Waals surface area contributed by atoms with Crippen molar-refractivity contribution in [1.29, 1.82) is 0 Å². The third kappa shape index (κ3) is 6.49. The van der Waals surface area contributed by atoms with Crippen LogP contribution in [0, 0.1) is 0 Å². The Morgan fingerprint density at radius 1 is 1.27 bits per heavy atom. The van der Waals surface area contributed by atoms with Gasteiger partial charge in [0.05, 0.1) is 22.6 Å². The van der Waals surface area contributed by atoms with Crippen molar-refractivity contribution in [2.75, 3.05) is 32.7 Å². The maximum atomic E-state index is 12.0. The van der Waals surface area contributed by atoms with Crippen LogP contribution in [0.5, 0.6) is 0 Å². The number of nitrogens with zero attached hydrogens (tertiary/aromatic N) is 1. The van der Waals surface area contributed by atoms with Gasteiger partial charge in [0.2, 0.25) is 5.91 Å². The van der Waals surface area contributed by atoms with Gasteiger partial charge in [-0.25, -0.2) is 0 Å². The summed E-state index contributed by atoms with van der Waals surface area (Å²) in [4.78, 5) is 14.2. The molecule has 126 valence electrons. The molecule has 1 heterocycles. The van der Waals surface area contributed by atoms with Crippen molar-refractivity contribution >= 4 is 53.9 Å². The van der Waals surface area contributed by atoms with E-state index >= 15 is 0 Å². The smallest absolute Gasteiger partial charge is 0.234 e. The fourth-order valence-corrected chi connectivity index (χ4v) is 2.53. The summed E-state index contributed by atoms with van der Waals surface area (Å²) in [6, 6.07) is 5.34. The summed E-state index contributed by atoms with van der Waals surface area (Å²) < 4.78 is 0. The minimum absolute atomic E-state index is 0. The number of piperazine rings is 1. The lowest BCUT2D eigenvalue weighted by Crippen LogP contribution is -2.47. The third-order valence-electron chi connectivity index (χ3n) is 3.40. The van der Waals surface area contributed by atoms with Crippen LogP contribution in [0.15, 0.2) is 18.2 Å². The second-order valence-electron chi connectivity index (χ2n) is 4.99. The number of carbonyl (C=O) groups excluding carboxylic acids is 1. The predicted octanol–water partition coefficient (Wildman–Crippen LogP) is 2.92. The standard InChI is InChI=1S/C14H19Cl2N3O.2ClH/c1-10(11-2-3-12(15)13(16)8-11)18-14(20)9-19-6-4-17-5-7-19;;/h2-3,8,10,17H,4-7,9H2,1H3,(H,18,20);2*1H. The van der Waals surface area contributed by atoms with Crippen LogP contribution in [-0.2, 0) is 4.79 Å². The third-order valence-corrected chi connectivity index (χ3v) is 4.14. The van der Waals surface area contributed by atoms with Crippen molar-refractivity contribution in [1.82, 2.24) is 15.5 Å². The Morgan fingerprint density at radius 3 is 2.50 bits per heavy atom. The molecule has 4 nitrogen and oxygen atoms in total. The summed E-state index contributed by atoms with van der Waals surface area (Å²) in [6.07, 6.45) is 0. The summed E-state index contributed by atoms with van der Waals surface area (Å²) in [6.45, 7) is 6.08. The van der Waals surface area contributed by atoms with Gasteiger partial charge >= 0.3 is 0 Å². The second-order valence-corrected chi connectivity index (χ2v) is 5.80. The predicted molar refractivity (Wildman–Crippen MR) is 96.8 cm³/mol. The molecule has 0 aromatic heterocycles. The Bertz CT molecular complexity index is 481. The molecule has 1 fully saturated rings. The number of hydrogen-bond acceptors (Lipinski definition) is 3. The molecule has 2 N–H and O–H groups in total. The lowest BCUT2D eigenvalue weighted by Gasteiger charge is -2.27. The van der Waals surface area contributed by atoms with Crippen molar-refractivity contribution in [3.8, 4) is 0 Å². The van der Waals surface area contributed by atoms with Gasteiger partial charge in [-0.3, -0.25) is 9.69 Å². The Hall–Kier alpha value is -0.230. The van der Waals surface area contributed by atoms with Gasteiger partial charge in [-0.2, -0.15) is 0 Å². The van der Waals surface area contributed by atoms with E-state index in [-0.39, 0.29) is 36.8 Å². The highest BCUT2D eigenvalue weighted by Crippen LogP contribution is 2.25. The number of rotatable bonds is 4. The lowest BCUT2D eigenvalue weighted by atomic mass is 10.1. The maximum Gasteiger partial charge on any atom is 0.234 e.